The summed E-state index contributed by atoms with van der Waals surface area (Å²) < 4.78 is 10.6. The summed E-state index contributed by atoms with van der Waals surface area (Å²) in [6.45, 7) is 0. The molecule has 0 aliphatic carbocycles. The first-order chi connectivity index (χ1) is 8.80. The fourth-order valence-corrected chi connectivity index (χ4v) is 1.77. The number of ether oxygens (including phenoxy) is 2. The summed E-state index contributed by atoms with van der Waals surface area (Å²) >= 11 is 0. The molecule has 0 aliphatic heterocycles. The van der Waals surface area contributed by atoms with Gasteiger partial charge in [0.15, 0.2) is 11.5 Å². The standard InChI is InChI=1S/C14H12N2O2/c1-17-13-7-10(8-15)6-12(14(13)18-2)11-4-3-5-16-9-11/h3-7,9H,1-2H3. The maximum atomic E-state index is 9.03. The van der Waals surface area contributed by atoms with E-state index in [1.165, 1.54) is 0 Å². The van der Waals surface area contributed by atoms with Crippen LogP contribution in [0.5, 0.6) is 11.5 Å². The number of nitriles is 1. The van der Waals surface area contributed by atoms with E-state index in [0.29, 0.717) is 17.1 Å². The molecule has 0 amide bonds. The van der Waals surface area contributed by atoms with Crippen molar-refractivity contribution in [1.82, 2.24) is 4.98 Å². The molecule has 0 N–H and O–H groups in total. The van der Waals surface area contributed by atoms with Crippen LogP contribution in [0.4, 0.5) is 0 Å². The number of hydrogen-bond acceptors (Lipinski definition) is 4. The third-order valence-electron chi connectivity index (χ3n) is 2.58. The van der Waals surface area contributed by atoms with Crippen LogP contribution in [0.2, 0.25) is 0 Å². The van der Waals surface area contributed by atoms with Crippen LogP contribution in [0, 0.1) is 11.3 Å². The molecule has 4 nitrogen and oxygen atoms in total. The summed E-state index contributed by atoms with van der Waals surface area (Å²) in [6, 6.07) is 9.26. The van der Waals surface area contributed by atoms with Gasteiger partial charge < -0.3 is 9.47 Å². The lowest BCUT2D eigenvalue weighted by atomic mass is 10.0. The largest absolute Gasteiger partial charge is 0.493 e. The highest BCUT2D eigenvalue weighted by atomic mass is 16.5. The number of rotatable bonds is 3. The van der Waals surface area contributed by atoms with Gasteiger partial charge in [-0.3, -0.25) is 4.98 Å². The number of nitrogens with zero attached hydrogens (tertiary/aromatic N) is 2. The highest BCUT2D eigenvalue weighted by Crippen LogP contribution is 2.38. The summed E-state index contributed by atoms with van der Waals surface area (Å²) in [5, 5.41) is 9.03. The zero-order chi connectivity index (χ0) is 13.0. The van der Waals surface area contributed by atoms with Gasteiger partial charge in [0, 0.05) is 29.6 Å². The average Bonchev–Trinajstić information content (AvgIpc) is 2.46. The molecule has 1 aromatic heterocycles. The van der Waals surface area contributed by atoms with Crippen LogP contribution in [0.1, 0.15) is 5.56 Å². The van der Waals surface area contributed by atoms with Crippen molar-refractivity contribution in [2.75, 3.05) is 14.2 Å². The number of pyridine rings is 1. The van der Waals surface area contributed by atoms with Gasteiger partial charge in [0.1, 0.15) is 0 Å². The van der Waals surface area contributed by atoms with Gasteiger partial charge in [0.25, 0.3) is 0 Å². The van der Waals surface area contributed by atoms with E-state index in [0.717, 1.165) is 11.1 Å². The van der Waals surface area contributed by atoms with E-state index in [1.807, 2.05) is 12.1 Å². The first kappa shape index (κ1) is 11.9. The van der Waals surface area contributed by atoms with E-state index < -0.39 is 0 Å². The summed E-state index contributed by atoms with van der Waals surface area (Å²) in [6.07, 6.45) is 3.42. The monoisotopic (exact) mass is 240 g/mol. The second-order valence-electron chi connectivity index (χ2n) is 3.61. The van der Waals surface area contributed by atoms with Crippen LogP contribution in [0.15, 0.2) is 36.7 Å². The molecule has 18 heavy (non-hydrogen) atoms. The SMILES string of the molecule is COc1cc(C#N)cc(-c2cccnc2)c1OC. The molecule has 0 unspecified atom stereocenters. The summed E-state index contributed by atoms with van der Waals surface area (Å²) in [4.78, 5) is 4.07. The third kappa shape index (κ3) is 2.11. The molecule has 0 saturated heterocycles. The molecule has 2 rings (SSSR count). The number of benzene rings is 1. The van der Waals surface area contributed by atoms with Gasteiger partial charge in [-0.25, -0.2) is 0 Å². The number of hydrogen-bond donors (Lipinski definition) is 0. The Labute approximate surface area is 105 Å². The van der Waals surface area contributed by atoms with E-state index >= 15 is 0 Å². The quantitative estimate of drug-likeness (QED) is 0.827. The van der Waals surface area contributed by atoms with E-state index in [1.54, 1.807) is 38.7 Å². The lowest BCUT2D eigenvalue weighted by Gasteiger charge is -2.13. The van der Waals surface area contributed by atoms with E-state index in [4.69, 9.17) is 14.7 Å². The minimum absolute atomic E-state index is 0.520. The molecule has 0 fully saturated rings. The van der Waals surface area contributed by atoms with Gasteiger partial charge in [-0.15, -0.1) is 0 Å². The third-order valence-corrected chi connectivity index (χ3v) is 2.58. The van der Waals surface area contributed by atoms with Crippen LogP contribution in [0.3, 0.4) is 0 Å². The molecule has 2 aromatic rings. The van der Waals surface area contributed by atoms with E-state index in [-0.39, 0.29) is 0 Å². The maximum Gasteiger partial charge on any atom is 0.168 e. The second-order valence-corrected chi connectivity index (χ2v) is 3.61. The summed E-state index contributed by atoms with van der Waals surface area (Å²) in [5.74, 6) is 1.14. The lowest BCUT2D eigenvalue weighted by molar-refractivity contribution is 0.356. The Morgan fingerprint density at radius 2 is 2.06 bits per heavy atom. The molecule has 0 bridgehead atoms. The van der Waals surface area contributed by atoms with Gasteiger partial charge in [-0.2, -0.15) is 5.26 Å². The predicted octanol–water partition coefficient (Wildman–Crippen LogP) is 2.64. The Morgan fingerprint density at radius 1 is 1.22 bits per heavy atom. The normalized spacial score (nSPS) is 9.61. The van der Waals surface area contributed by atoms with Crippen molar-refractivity contribution in [2.45, 2.75) is 0 Å². The highest BCUT2D eigenvalue weighted by Gasteiger charge is 2.14. The smallest absolute Gasteiger partial charge is 0.168 e. The second kappa shape index (κ2) is 5.19. The Balaban J connectivity index is 2.69. The first-order valence-corrected chi connectivity index (χ1v) is 5.36. The van der Waals surface area contributed by atoms with Crippen molar-refractivity contribution in [3.05, 3.63) is 42.2 Å². The van der Waals surface area contributed by atoms with Crippen LogP contribution in [0.25, 0.3) is 11.1 Å². The molecule has 90 valence electrons. The highest BCUT2D eigenvalue weighted by molar-refractivity contribution is 5.75. The van der Waals surface area contributed by atoms with Crippen molar-refractivity contribution in [2.24, 2.45) is 0 Å². The Kier molecular flexibility index (Phi) is 3.44. The van der Waals surface area contributed by atoms with Crippen LogP contribution in [-0.2, 0) is 0 Å². The van der Waals surface area contributed by atoms with Crippen LogP contribution >= 0.6 is 0 Å². The molecule has 0 aliphatic rings. The summed E-state index contributed by atoms with van der Waals surface area (Å²) in [7, 11) is 3.12. The number of methoxy groups -OCH3 is 2. The number of aromatic nitrogens is 1. The van der Waals surface area contributed by atoms with Crippen LogP contribution in [-0.4, -0.2) is 19.2 Å². The molecule has 1 heterocycles. The fourth-order valence-electron chi connectivity index (χ4n) is 1.77. The zero-order valence-corrected chi connectivity index (χ0v) is 10.2. The fraction of sp³-hybridized carbons (Fsp3) is 0.143. The molecular formula is C14H12N2O2. The van der Waals surface area contributed by atoms with Crippen molar-refractivity contribution in [3.63, 3.8) is 0 Å². The van der Waals surface area contributed by atoms with Crippen molar-refractivity contribution < 1.29 is 9.47 Å². The van der Waals surface area contributed by atoms with E-state index in [2.05, 4.69) is 11.1 Å². The van der Waals surface area contributed by atoms with Gasteiger partial charge in [-0.05, 0) is 12.1 Å². The van der Waals surface area contributed by atoms with Crippen molar-refractivity contribution in [3.8, 4) is 28.7 Å². The minimum atomic E-state index is 0.520. The zero-order valence-electron chi connectivity index (χ0n) is 10.2. The minimum Gasteiger partial charge on any atom is -0.493 e. The van der Waals surface area contributed by atoms with E-state index in [9.17, 15) is 0 Å². The average molecular weight is 240 g/mol. The molecule has 0 saturated carbocycles. The molecule has 0 atom stereocenters. The van der Waals surface area contributed by atoms with Crippen LogP contribution < -0.4 is 9.47 Å². The molecule has 0 radical (unpaired) electrons. The Morgan fingerprint density at radius 3 is 2.61 bits per heavy atom. The topological polar surface area (TPSA) is 55.1 Å². The molecule has 4 heteroatoms. The van der Waals surface area contributed by atoms with Gasteiger partial charge in [0.05, 0.1) is 25.9 Å². The molecular weight excluding hydrogens is 228 g/mol. The Bertz CT molecular complexity index is 589. The predicted molar refractivity (Wildman–Crippen MR) is 67.5 cm³/mol. The lowest BCUT2D eigenvalue weighted by Crippen LogP contribution is -1.95. The van der Waals surface area contributed by atoms with Gasteiger partial charge in [-0.1, -0.05) is 6.07 Å². The first-order valence-electron chi connectivity index (χ1n) is 5.36. The molecule has 0 spiro atoms. The van der Waals surface area contributed by atoms with Crippen molar-refractivity contribution in [1.29, 1.82) is 5.26 Å². The van der Waals surface area contributed by atoms with Gasteiger partial charge in [0.2, 0.25) is 0 Å². The maximum absolute atomic E-state index is 9.03. The summed E-state index contributed by atoms with van der Waals surface area (Å²) in [5.41, 5.74) is 2.19. The van der Waals surface area contributed by atoms with Gasteiger partial charge >= 0.3 is 0 Å². The Hall–Kier alpha value is -2.54. The van der Waals surface area contributed by atoms with Crippen molar-refractivity contribution >= 4 is 0 Å². The molecule has 1 aromatic carbocycles.